The quantitative estimate of drug-likeness (QED) is 0.575. The minimum absolute atomic E-state index is 0.131. The summed E-state index contributed by atoms with van der Waals surface area (Å²) >= 11 is 13.4. The average Bonchev–Trinajstić information content (AvgIpc) is 3.20. The van der Waals surface area contributed by atoms with Crippen LogP contribution in [-0.2, 0) is 0 Å². The van der Waals surface area contributed by atoms with Crippen molar-refractivity contribution >= 4 is 51.6 Å². The van der Waals surface area contributed by atoms with Crippen LogP contribution in [0.2, 0.25) is 10.0 Å². The SMILES string of the molecule is N=C1C(c2nc(-c3ccc(Cl)cc3)cs2)=C(O)CN1c1cccc(Cl)c1. The Morgan fingerprint density at radius 2 is 1.85 bits per heavy atom. The predicted molar refractivity (Wildman–Crippen MR) is 109 cm³/mol. The number of hydrogen-bond acceptors (Lipinski definition) is 4. The van der Waals surface area contributed by atoms with Crippen molar-refractivity contribution in [1.29, 1.82) is 5.41 Å². The van der Waals surface area contributed by atoms with E-state index in [-0.39, 0.29) is 18.1 Å². The van der Waals surface area contributed by atoms with Gasteiger partial charge in [-0.25, -0.2) is 4.98 Å². The fraction of sp³-hybridized carbons (Fsp3) is 0.0526. The summed E-state index contributed by atoms with van der Waals surface area (Å²) in [6, 6.07) is 14.6. The summed E-state index contributed by atoms with van der Waals surface area (Å²) in [5, 5.41) is 22.7. The minimum atomic E-state index is 0.131. The first kappa shape index (κ1) is 17.1. The molecule has 0 saturated heterocycles. The van der Waals surface area contributed by atoms with E-state index in [9.17, 15) is 5.11 Å². The summed E-state index contributed by atoms with van der Waals surface area (Å²) in [5.74, 6) is 0.341. The van der Waals surface area contributed by atoms with Crippen LogP contribution >= 0.6 is 34.5 Å². The van der Waals surface area contributed by atoms with Crippen molar-refractivity contribution in [2.75, 3.05) is 11.4 Å². The molecule has 1 aromatic heterocycles. The number of aromatic nitrogens is 1. The van der Waals surface area contributed by atoms with Crippen molar-refractivity contribution in [3.8, 4) is 11.3 Å². The van der Waals surface area contributed by atoms with Gasteiger partial charge < -0.3 is 10.0 Å². The Kier molecular flexibility index (Phi) is 4.44. The van der Waals surface area contributed by atoms with Crippen LogP contribution in [0.25, 0.3) is 16.8 Å². The highest BCUT2D eigenvalue weighted by Gasteiger charge is 2.31. The first-order valence-corrected chi connectivity index (χ1v) is 9.42. The minimum Gasteiger partial charge on any atom is -0.510 e. The fourth-order valence-corrected chi connectivity index (χ4v) is 4.02. The van der Waals surface area contributed by atoms with Crippen molar-refractivity contribution in [3.05, 3.63) is 74.7 Å². The van der Waals surface area contributed by atoms with Gasteiger partial charge in [0.05, 0.1) is 17.8 Å². The van der Waals surface area contributed by atoms with Crippen molar-refractivity contribution < 1.29 is 5.11 Å². The lowest BCUT2D eigenvalue weighted by Crippen LogP contribution is -2.25. The van der Waals surface area contributed by atoms with E-state index < -0.39 is 0 Å². The normalized spacial score (nSPS) is 14.4. The van der Waals surface area contributed by atoms with Crippen molar-refractivity contribution in [2.45, 2.75) is 0 Å². The maximum atomic E-state index is 10.4. The zero-order valence-electron chi connectivity index (χ0n) is 13.4. The van der Waals surface area contributed by atoms with Crippen molar-refractivity contribution in [1.82, 2.24) is 4.98 Å². The molecule has 130 valence electrons. The summed E-state index contributed by atoms with van der Waals surface area (Å²) in [4.78, 5) is 6.31. The Morgan fingerprint density at radius 1 is 1.08 bits per heavy atom. The van der Waals surface area contributed by atoms with E-state index in [0.717, 1.165) is 16.9 Å². The van der Waals surface area contributed by atoms with Gasteiger partial charge in [-0.05, 0) is 30.3 Å². The number of nitrogens with one attached hydrogen (secondary N) is 1. The van der Waals surface area contributed by atoms with Crippen LogP contribution in [0.1, 0.15) is 5.01 Å². The Balaban J connectivity index is 1.65. The zero-order chi connectivity index (χ0) is 18.3. The highest BCUT2D eigenvalue weighted by Crippen LogP contribution is 2.35. The third-order valence-corrected chi connectivity index (χ3v) is 5.43. The lowest BCUT2D eigenvalue weighted by Gasteiger charge is -2.18. The molecule has 0 aliphatic carbocycles. The number of hydrogen-bond donors (Lipinski definition) is 2. The number of aliphatic hydroxyl groups excluding tert-OH is 1. The third-order valence-electron chi connectivity index (χ3n) is 4.08. The number of amidine groups is 1. The molecule has 7 heteroatoms. The lowest BCUT2D eigenvalue weighted by molar-refractivity contribution is 0.411. The van der Waals surface area contributed by atoms with E-state index in [4.69, 9.17) is 28.6 Å². The molecule has 3 aromatic rings. The largest absolute Gasteiger partial charge is 0.510 e. The van der Waals surface area contributed by atoms with Crippen LogP contribution in [0.5, 0.6) is 0 Å². The molecule has 0 atom stereocenters. The monoisotopic (exact) mass is 401 g/mol. The number of thiazole rings is 1. The number of aliphatic hydroxyl groups is 1. The number of benzene rings is 2. The molecule has 2 aromatic carbocycles. The topological polar surface area (TPSA) is 60.2 Å². The number of nitrogens with zero attached hydrogens (tertiary/aromatic N) is 2. The second-order valence-corrected chi connectivity index (χ2v) is 7.51. The molecule has 1 aliphatic rings. The molecule has 4 nitrogen and oxygen atoms in total. The van der Waals surface area contributed by atoms with E-state index in [2.05, 4.69) is 4.98 Å². The molecule has 1 aliphatic heterocycles. The molecular formula is C19H13Cl2N3OS. The van der Waals surface area contributed by atoms with E-state index in [1.54, 1.807) is 17.0 Å². The van der Waals surface area contributed by atoms with E-state index in [0.29, 0.717) is 20.6 Å². The smallest absolute Gasteiger partial charge is 0.139 e. The van der Waals surface area contributed by atoms with Gasteiger partial charge in [-0.15, -0.1) is 11.3 Å². The lowest BCUT2D eigenvalue weighted by atomic mass is 10.2. The number of halogens is 2. The van der Waals surface area contributed by atoms with Gasteiger partial charge in [0, 0.05) is 26.7 Å². The highest BCUT2D eigenvalue weighted by atomic mass is 35.5. The van der Waals surface area contributed by atoms with Gasteiger partial charge in [-0.3, -0.25) is 5.41 Å². The van der Waals surface area contributed by atoms with Crippen LogP contribution in [0, 0.1) is 5.41 Å². The first-order chi connectivity index (χ1) is 12.5. The fourth-order valence-electron chi connectivity index (χ4n) is 2.81. The van der Waals surface area contributed by atoms with Gasteiger partial charge in [0.25, 0.3) is 0 Å². The maximum Gasteiger partial charge on any atom is 0.139 e. The Labute approximate surface area is 164 Å². The summed E-state index contributed by atoms with van der Waals surface area (Å²) < 4.78 is 0. The molecule has 2 N–H and O–H groups in total. The molecule has 26 heavy (non-hydrogen) atoms. The summed E-state index contributed by atoms with van der Waals surface area (Å²) in [6.45, 7) is 0.227. The highest BCUT2D eigenvalue weighted by molar-refractivity contribution is 7.11. The second-order valence-electron chi connectivity index (χ2n) is 5.78. The van der Waals surface area contributed by atoms with Crippen LogP contribution in [-0.4, -0.2) is 22.5 Å². The standard InChI is InChI=1S/C19H13Cl2N3OS/c20-12-6-4-11(5-7-12)15-10-26-19(23-15)17-16(25)9-24(18(17)22)14-3-1-2-13(21)8-14/h1-8,10,22,25H,9H2. The molecule has 0 unspecified atom stereocenters. The number of rotatable bonds is 3. The summed E-state index contributed by atoms with van der Waals surface area (Å²) in [5.41, 5.74) is 2.94. The van der Waals surface area contributed by atoms with Gasteiger partial charge in [0.15, 0.2) is 0 Å². The molecule has 0 spiro atoms. The van der Waals surface area contributed by atoms with Crippen LogP contribution in [0.3, 0.4) is 0 Å². The number of anilines is 1. The Hall–Kier alpha value is -2.34. The third kappa shape index (κ3) is 3.09. The van der Waals surface area contributed by atoms with Gasteiger partial charge >= 0.3 is 0 Å². The van der Waals surface area contributed by atoms with E-state index >= 15 is 0 Å². The molecule has 0 bridgehead atoms. The first-order valence-electron chi connectivity index (χ1n) is 7.79. The summed E-state index contributed by atoms with van der Waals surface area (Å²) in [6.07, 6.45) is 0. The van der Waals surface area contributed by atoms with Crippen LogP contribution < -0.4 is 4.90 Å². The Morgan fingerprint density at radius 3 is 2.58 bits per heavy atom. The molecular weight excluding hydrogens is 389 g/mol. The molecule has 4 rings (SSSR count). The summed E-state index contributed by atoms with van der Waals surface area (Å²) in [7, 11) is 0. The molecule has 0 saturated carbocycles. The second kappa shape index (κ2) is 6.76. The van der Waals surface area contributed by atoms with E-state index in [1.165, 1.54) is 11.3 Å². The van der Waals surface area contributed by atoms with E-state index in [1.807, 2.05) is 41.8 Å². The van der Waals surface area contributed by atoms with Crippen molar-refractivity contribution in [3.63, 3.8) is 0 Å². The van der Waals surface area contributed by atoms with Crippen LogP contribution in [0.4, 0.5) is 5.69 Å². The molecule has 0 radical (unpaired) electrons. The van der Waals surface area contributed by atoms with Gasteiger partial charge in [0.2, 0.25) is 0 Å². The molecule has 2 heterocycles. The van der Waals surface area contributed by atoms with Gasteiger partial charge in [-0.1, -0.05) is 41.4 Å². The molecule has 0 amide bonds. The van der Waals surface area contributed by atoms with Gasteiger partial charge in [0.1, 0.15) is 16.6 Å². The predicted octanol–water partition coefficient (Wildman–Crippen LogP) is 5.88. The molecule has 0 fully saturated rings. The average molecular weight is 402 g/mol. The van der Waals surface area contributed by atoms with Gasteiger partial charge in [-0.2, -0.15) is 0 Å². The van der Waals surface area contributed by atoms with Crippen LogP contribution in [0.15, 0.2) is 59.7 Å². The zero-order valence-corrected chi connectivity index (χ0v) is 15.7. The van der Waals surface area contributed by atoms with Crippen molar-refractivity contribution in [2.24, 2.45) is 0 Å². The maximum absolute atomic E-state index is 10.4. The Bertz CT molecular complexity index is 1030.